The zero-order valence-corrected chi connectivity index (χ0v) is 10.8. The van der Waals surface area contributed by atoms with Crippen LogP contribution in [0.2, 0.25) is 0 Å². The summed E-state index contributed by atoms with van der Waals surface area (Å²) in [6.45, 7) is 4.16. The summed E-state index contributed by atoms with van der Waals surface area (Å²) >= 11 is 0. The minimum Gasteiger partial charge on any atom is -0.870 e. The first-order valence-corrected chi connectivity index (χ1v) is 6.33. The molecule has 0 aliphatic carbocycles. The van der Waals surface area contributed by atoms with Crippen LogP contribution in [0.3, 0.4) is 0 Å². The molecule has 0 fully saturated rings. The summed E-state index contributed by atoms with van der Waals surface area (Å²) in [5.74, 6) is -0.815. The Bertz CT molecular complexity index is 348. The molecule has 0 bridgehead atoms. The number of hydrogen-bond acceptors (Lipinski definition) is 5. The SMILES string of the molecule is C=CC(=O)OCC[N+](C)(C)CCS(=O)(=O)O.[OH-]. The average Bonchev–Trinajstić information content (AvgIpc) is 2.13. The minimum absolute atomic E-state index is 0. The van der Waals surface area contributed by atoms with Gasteiger partial charge in [-0.25, -0.2) is 4.79 Å². The maximum absolute atomic E-state index is 10.7. The van der Waals surface area contributed by atoms with Gasteiger partial charge in [-0.3, -0.25) is 4.55 Å². The van der Waals surface area contributed by atoms with Gasteiger partial charge in [0.1, 0.15) is 18.9 Å². The zero-order chi connectivity index (χ0) is 12.8. The van der Waals surface area contributed by atoms with Crippen molar-refractivity contribution in [1.29, 1.82) is 0 Å². The van der Waals surface area contributed by atoms with E-state index in [2.05, 4.69) is 6.58 Å². The standard InChI is InChI=1S/C9H17NO5S.H2O/c1-4-9(11)15-7-5-10(2,3)6-8-16(12,13)14;/h4H,1,5-8H2,2-3H3;1H2. The first kappa shape index (κ1) is 18.4. The van der Waals surface area contributed by atoms with Gasteiger partial charge in [0.25, 0.3) is 10.1 Å². The Labute approximate surface area is 101 Å². The van der Waals surface area contributed by atoms with Gasteiger partial charge >= 0.3 is 5.97 Å². The summed E-state index contributed by atoms with van der Waals surface area (Å²) in [5, 5.41) is 0. The van der Waals surface area contributed by atoms with E-state index in [1.165, 1.54) is 0 Å². The molecule has 0 aliphatic rings. The predicted octanol–water partition coefficient (Wildman–Crippen LogP) is -0.497. The fraction of sp³-hybridized carbons (Fsp3) is 0.667. The zero-order valence-electron chi connectivity index (χ0n) is 10.00. The topological polar surface area (TPSA) is 111 Å². The molecule has 0 unspecified atom stereocenters. The Balaban J connectivity index is 0. The van der Waals surface area contributed by atoms with Crippen LogP contribution in [0.4, 0.5) is 0 Å². The van der Waals surface area contributed by atoms with Gasteiger partial charge in [0.2, 0.25) is 0 Å². The molecular weight excluding hydrogens is 250 g/mol. The van der Waals surface area contributed by atoms with E-state index in [-0.39, 0.29) is 24.4 Å². The second-order valence-electron chi connectivity index (χ2n) is 4.04. The average molecular weight is 269 g/mol. The number of esters is 1. The Morgan fingerprint density at radius 2 is 1.94 bits per heavy atom. The van der Waals surface area contributed by atoms with E-state index >= 15 is 0 Å². The van der Waals surface area contributed by atoms with Crippen molar-refractivity contribution in [1.82, 2.24) is 0 Å². The third-order valence-corrected chi connectivity index (χ3v) is 2.76. The molecule has 8 heteroatoms. The van der Waals surface area contributed by atoms with Crippen molar-refractivity contribution in [2.75, 3.05) is 39.5 Å². The van der Waals surface area contributed by atoms with E-state index in [9.17, 15) is 13.2 Å². The molecule has 102 valence electrons. The maximum atomic E-state index is 10.7. The predicted molar refractivity (Wildman–Crippen MR) is 61.3 cm³/mol. The number of quaternary nitrogens is 1. The highest BCUT2D eigenvalue weighted by Gasteiger charge is 2.19. The van der Waals surface area contributed by atoms with Crippen LogP contribution >= 0.6 is 0 Å². The minimum atomic E-state index is -3.94. The molecule has 0 aromatic heterocycles. The van der Waals surface area contributed by atoms with Gasteiger partial charge < -0.3 is 14.7 Å². The van der Waals surface area contributed by atoms with Crippen molar-refractivity contribution in [2.24, 2.45) is 0 Å². The number of likely N-dealkylation sites (N-methyl/N-ethyl adjacent to an activating group) is 1. The summed E-state index contributed by atoms with van der Waals surface area (Å²) < 4.78 is 34.8. The van der Waals surface area contributed by atoms with Gasteiger partial charge in [-0.1, -0.05) is 6.58 Å². The van der Waals surface area contributed by atoms with Crippen LogP contribution in [0.25, 0.3) is 0 Å². The largest absolute Gasteiger partial charge is 0.870 e. The quantitative estimate of drug-likeness (QED) is 0.289. The Morgan fingerprint density at radius 1 is 1.41 bits per heavy atom. The van der Waals surface area contributed by atoms with Crippen LogP contribution in [0, 0.1) is 0 Å². The molecule has 2 N–H and O–H groups in total. The fourth-order valence-corrected chi connectivity index (χ4v) is 1.65. The van der Waals surface area contributed by atoms with Crippen molar-refractivity contribution in [3.8, 4) is 0 Å². The molecule has 0 spiro atoms. The highest BCUT2D eigenvalue weighted by molar-refractivity contribution is 7.85. The molecule has 0 saturated carbocycles. The molecule has 17 heavy (non-hydrogen) atoms. The normalized spacial score (nSPS) is 11.5. The summed E-state index contributed by atoms with van der Waals surface area (Å²) in [6, 6.07) is 0. The number of nitrogens with zero attached hydrogens (tertiary/aromatic N) is 1. The van der Waals surface area contributed by atoms with E-state index in [1.54, 1.807) is 14.1 Å². The van der Waals surface area contributed by atoms with Gasteiger partial charge in [0, 0.05) is 6.08 Å². The molecule has 0 atom stereocenters. The van der Waals surface area contributed by atoms with Crippen LogP contribution in [0.1, 0.15) is 0 Å². The monoisotopic (exact) mass is 269 g/mol. The van der Waals surface area contributed by atoms with Crippen LogP contribution in [0.5, 0.6) is 0 Å². The van der Waals surface area contributed by atoms with Gasteiger partial charge in [-0.15, -0.1) is 0 Å². The van der Waals surface area contributed by atoms with E-state index in [0.717, 1.165) is 6.08 Å². The van der Waals surface area contributed by atoms with E-state index in [1.807, 2.05) is 0 Å². The summed E-state index contributed by atoms with van der Waals surface area (Å²) in [6.07, 6.45) is 1.07. The van der Waals surface area contributed by atoms with E-state index < -0.39 is 16.1 Å². The Kier molecular flexibility index (Phi) is 7.99. The van der Waals surface area contributed by atoms with E-state index in [0.29, 0.717) is 11.0 Å². The van der Waals surface area contributed by atoms with Crippen molar-refractivity contribution < 1.29 is 32.5 Å². The lowest BCUT2D eigenvalue weighted by Crippen LogP contribution is -2.45. The number of carbonyl (C=O) groups is 1. The lowest BCUT2D eigenvalue weighted by Gasteiger charge is -2.28. The molecule has 0 heterocycles. The molecule has 0 aliphatic heterocycles. The maximum Gasteiger partial charge on any atom is 0.330 e. The molecule has 0 radical (unpaired) electrons. The second-order valence-corrected chi connectivity index (χ2v) is 5.61. The van der Waals surface area contributed by atoms with Crippen molar-refractivity contribution in [3.05, 3.63) is 12.7 Å². The van der Waals surface area contributed by atoms with Crippen molar-refractivity contribution in [2.45, 2.75) is 0 Å². The third kappa shape index (κ3) is 11.3. The molecule has 0 saturated heterocycles. The second kappa shape index (κ2) is 7.38. The molecule has 0 rings (SSSR count). The molecular formula is C9H19NO6S. The molecule has 0 aromatic rings. The molecule has 7 nitrogen and oxygen atoms in total. The van der Waals surface area contributed by atoms with Crippen molar-refractivity contribution in [3.63, 3.8) is 0 Å². The first-order valence-electron chi connectivity index (χ1n) is 4.73. The number of carbonyl (C=O) groups excluding carboxylic acids is 1. The van der Waals surface area contributed by atoms with Gasteiger partial charge in [-0.05, 0) is 0 Å². The summed E-state index contributed by atoms with van der Waals surface area (Å²) in [5.41, 5.74) is 0. The first-order chi connectivity index (χ1) is 7.16. The van der Waals surface area contributed by atoms with Gasteiger partial charge in [0.05, 0.1) is 20.6 Å². The van der Waals surface area contributed by atoms with Crippen molar-refractivity contribution >= 4 is 16.1 Å². The fourth-order valence-electron chi connectivity index (χ4n) is 0.927. The van der Waals surface area contributed by atoms with Crippen LogP contribution in [-0.4, -0.2) is 68.4 Å². The van der Waals surface area contributed by atoms with Crippen LogP contribution in [-0.2, 0) is 19.6 Å². The van der Waals surface area contributed by atoms with Gasteiger partial charge in [-0.2, -0.15) is 8.42 Å². The number of rotatable bonds is 7. The number of ether oxygens (including phenoxy) is 1. The highest BCUT2D eigenvalue weighted by atomic mass is 32.2. The molecule has 0 amide bonds. The molecule has 0 aromatic carbocycles. The van der Waals surface area contributed by atoms with Gasteiger partial charge in [0.15, 0.2) is 0 Å². The van der Waals surface area contributed by atoms with Crippen LogP contribution < -0.4 is 0 Å². The third-order valence-electron chi connectivity index (χ3n) is 2.06. The summed E-state index contributed by atoms with van der Waals surface area (Å²) in [7, 11) is -0.374. The lowest BCUT2D eigenvalue weighted by atomic mass is 10.4. The van der Waals surface area contributed by atoms with Crippen LogP contribution in [0.15, 0.2) is 12.7 Å². The van der Waals surface area contributed by atoms with E-state index in [4.69, 9.17) is 9.29 Å². The number of hydrogen-bond donors (Lipinski definition) is 1. The highest BCUT2D eigenvalue weighted by Crippen LogP contribution is 1.98. The lowest BCUT2D eigenvalue weighted by molar-refractivity contribution is -0.888. The smallest absolute Gasteiger partial charge is 0.330 e. The Hall–Kier alpha value is -0.960. The summed E-state index contributed by atoms with van der Waals surface area (Å²) in [4.78, 5) is 10.7. The Morgan fingerprint density at radius 3 is 2.35 bits per heavy atom.